The van der Waals surface area contributed by atoms with Crippen molar-refractivity contribution in [3.8, 4) is 5.75 Å². The van der Waals surface area contributed by atoms with Crippen LogP contribution in [0.5, 0.6) is 5.75 Å². The Morgan fingerprint density at radius 3 is 2.33 bits per heavy atom. The molecule has 1 N–H and O–H groups in total. The highest BCUT2D eigenvalue weighted by Gasteiger charge is 2.42. The number of ether oxygens (including phenoxy) is 2. The normalized spacial score (nSPS) is 23.8. The number of hydrogen-bond donors (Lipinski definition) is 1. The molecule has 0 unspecified atom stereocenters. The molecule has 2 aromatic rings. The van der Waals surface area contributed by atoms with E-state index in [0.717, 1.165) is 74.4 Å². The summed E-state index contributed by atoms with van der Waals surface area (Å²) in [7, 11) is 0. The molecule has 3 atom stereocenters. The van der Waals surface area contributed by atoms with Crippen LogP contribution in [0.2, 0.25) is 0 Å². The molecule has 0 radical (unpaired) electrons. The largest absolute Gasteiger partial charge is 0.482 e. The summed E-state index contributed by atoms with van der Waals surface area (Å²) in [6.45, 7) is 11.3. The number of piperazine rings is 1. The highest BCUT2D eigenvalue weighted by atomic mass is 16.6. The molecule has 45 heavy (non-hydrogen) atoms. The van der Waals surface area contributed by atoms with Gasteiger partial charge in [-0.3, -0.25) is 19.4 Å². The molecule has 4 aliphatic heterocycles. The van der Waals surface area contributed by atoms with Crippen LogP contribution in [-0.2, 0) is 9.53 Å². The maximum atomic E-state index is 13.4. The van der Waals surface area contributed by atoms with Gasteiger partial charge in [0.15, 0.2) is 6.61 Å². The minimum absolute atomic E-state index is 0.0129. The Labute approximate surface area is 266 Å². The highest BCUT2D eigenvalue weighted by molar-refractivity contribution is 5.98. The topological polar surface area (TPSA) is 94.7 Å². The summed E-state index contributed by atoms with van der Waals surface area (Å²) < 4.78 is 11.1. The summed E-state index contributed by atoms with van der Waals surface area (Å²) in [6, 6.07) is 16.8. The van der Waals surface area contributed by atoms with Gasteiger partial charge in [0.2, 0.25) is 0 Å². The lowest BCUT2D eigenvalue weighted by Gasteiger charge is -2.41. The Morgan fingerprint density at radius 1 is 0.911 bits per heavy atom. The Bertz CT molecular complexity index is 1370. The maximum Gasteiger partial charge on any atom is 0.410 e. The molecule has 10 nitrogen and oxygen atoms in total. The molecule has 4 aliphatic rings. The Balaban J connectivity index is 0.998. The van der Waals surface area contributed by atoms with Crippen molar-refractivity contribution in [1.82, 2.24) is 20.0 Å². The van der Waals surface area contributed by atoms with E-state index in [1.807, 2.05) is 68.1 Å². The predicted octanol–water partition coefficient (Wildman–Crippen LogP) is 4.11. The van der Waals surface area contributed by atoms with E-state index in [0.29, 0.717) is 44.2 Å². The van der Waals surface area contributed by atoms with Crippen molar-refractivity contribution in [2.75, 3.05) is 63.9 Å². The lowest BCUT2D eigenvalue weighted by Crippen LogP contribution is -2.51. The number of para-hydroxylation sites is 2. The third-order valence-corrected chi connectivity index (χ3v) is 9.66. The molecular formula is C35H47N5O5. The quantitative estimate of drug-likeness (QED) is 0.477. The number of carbonyl (C=O) groups is 3. The molecule has 0 aromatic heterocycles. The first-order chi connectivity index (χ1) is 21.7. The lowest BCUT2D eigenvalue weighted by molar-refractivity contribution is -0.121. The molecule has 0 saturated carbocycles. The fourth-order valence-corrected chi connectivity index (χ4v) is 7.47. The second-order valence-corrected chi connectivity index (χ2v) is 13.7. The minimum atomic E-state index is -0.496. The van der Waals surface area contributed by atoms with Crippen LogP contribution < -0.4 is 15.0 Å². The van der Waals surface area contributed by atoms with Gasteiger partial charge in [-0.2, -0.15) is 0 Å². The van der Waals surface area contributed by atoms with Crippen LogP contribution in [0.15, 0.2) is 48.5 Å². The van der Waals surface area contributed by atoms with Crippen LogP contribution in [0.4, 0.5) is 10.5 Å². The molecule has 0 aliphatic carbocycles. The number of piperidine rings is 1. The van der Waals surface area contributed by atoms with Gasteiger partial charge < -0.3 is 24.6 Å². The van der Waals surface area contributed by atoms with Gasteiger partial charge in [-0.15, -0.1) is 0 Å². The zero-order valence-corrected chi connectivity index (χ0v) is 26.9. The van der Waals surface area contributed by atoms with Gasteiger partial charge in [-0.1, -0.05) is 30.3 Å². The summed E-state index contributed by atoms with van der Waals surface area (Å²) in [5.74, 6) is 1.11. The van der Waals surface area contributed by atoms with Crippen LogP contribution in [0.1, 0.15) is 68.3 Å². The van der Waals surface area contributed by atoms with Crippen molar-refractivity contribution in [3.63, 3.8) is 0 Å². The summed E-state index contributed by atoms with van der Waals surface area (Å²) in [4.78, 5) is 47.0. The Morgan fingerprint density at radius 2 is 1.60 bits per heavy atom. The van der Waals surface area contributed by atoms with E-state index in [9.17, 15) is 14.4 Å². The first-order valence-corrected chi connectivity index (χ1v) is 16.5. The average molecular weight is 618 g/mol. The van der Waals surface area contributed by atoms with Crippen molar-refractivity contribution < 1.29 is 23.9 Å². The van der Waals surface area contributed by atoms with E-state index >= 15 is 0 Å². The number of anilines is 1. The van der Waals surface area contributed by atoms with Crippen LogP contribution >= 0.6 is 0 Å². The first-order valence-electron chi connectivity index (χ1n) is 16.5. The van der Waals surface area contributed by atoms with Gasteiger partial charge in [-0.25, -0.2) is 4.79 Å². The predicted molar refractivity (Wildman–Crippen MR) is 173 cm³/mol. The Kier molecular flexibility index (Phi) is 9.33. The van der Waals surface area contributed by atoms with Gasteiger partial charge in [0.25, 0.3) is 11.8 Å². The monoisotopic (exact) mass is 617 g/mol. The second-order valence-electron chi connectivity index (χ2n) is 13.7. The summed E-state index contributed by atoms with van der Waals surface area (Å²) in [5, 5.41) is 3.16. The van der Waals surface area contributed by atoms with Gasteiger partial charge >= 0.3 is 6.09 Å². The second kappa shape index (κ2) is 13.4. The molecule has 0 spiro atoms. The zero-order valence-electron chi connectivity index (χ0n) is 26.9. The smallest absolute Gasteiger partial charge is 0.410 e. The number of hydrogen-bond acceptors (Lipinski definition) is 7. The van der Waals surface area contributed by atoms with E-state index in [-0.39, 0.29) is 24.5 Å². The third-order valence-electron chi connectivity index (χ3n) is 9.66. The van der Waals surface area contributed by atoms with Crippen LogP contribution in [0.25, 0.3) is 0 Å². The first kappa shape index (κ1) is 31.4. The number of rotatable bonds is 8. The van der Waals surface area contributed by atoms with Crippen LogP contribution in [-0.4, -0.2) is 109 Å². The summed E-state index contributed by atoms with van der Waals surface area (Å²) >= 11 is 0. The molecule has 3 fully saturated rings. The van der Waals surface area contributed by atoms with Gasteiger partial charge in [0, 0.05) is 70.0 Å². The number of fused-ring (bicyclic) bond motifs is 3. The van der Waals surface area contributed by atoms with E-state index in [4.69, 9.17) is 9.47 Å². The van der Waals surface area contributed by atoms with Crippen LogP contribution in [0, 0.1) is 0 Å². The Hall–Kier alpha value is -3.63. The summed E-state index contributed by atoms with van der Waals surface area (Å²) in [5.41, 5.74) is 2.29. The number of benzene rings is 2. The fourth-order valence-electron chi connectivity index (χ4n) is 7.47. The molecule has 6 rings (SSSR count). The molecule has 3 amide bonds. The van der Waals surface area contributed by atoms with Crippen molar-refractivity contribution >= 4 is 23.6 Å². The van der Waals surface area contributed by atoms with Crippen molar-refractivity contribution in [2.45, 2.75) is 70.1 Å². The van der Waals surface area contributed by atoms with Gasteiger partial charge in [0.1, 0.15) is 11.4 Å². The molecule has 3 saturated heterocycles. The minimum Gasteiger partial charge on any atom is -0.482 e. The number of carbonyl (C=O) groups excluding carboxylic acids is 3. The molecule has 10 heteroatoms. The van der Waals surface area contributed by atoms with E-state index in [1.54, 1.807) is 4.90 Å². The summed E-state index contributed by atoms with van der Waals surface area (Å²) in [6.07, 6.45) is 4.10. The fraction of sp³-hybridized carbons (Fsp3) is 0.571. The number of nitrogens with zero attached hydrogens (tertiary/aromatic N) is 4. The standard InChI is InChI=1S/C35H47N5O5/c1-35(2,3)45-34(43)38-18-16-37(17-19-38)15-14-36-33(42)29-9-5-4-8-28(29)25-22-26-12-13-27(23-25)39(26)20-21-40-30-10-6-7-11-31(30)44-24-32(40)41/h4-11,25-27H,12-24H2,1-3H3,(H,36,42)/t25-,26+,27-. The lowest BCUT2D eigenvalue weighted by atomic mass is 9.82. The van der Waals surface area contributed by atoms with E-state index in [1.165, 1.54) is 0 Å². The van der Waals surface area contributed by atoms with E-state index in [2.05, 4.69) is 21.2 Å². The van der Waals surface area contributed by atoms with Gasteiger partial charge in [-0.05, 0) is 76.1 Å². The highest BCUT2D eigenvalue weighted by Crippen LogP contribution is 2.44. The van der Waals surface area contributed by atoms with Crippen molar-refractivity contribution in [2.24, 2.45) is 0 Å². The van der Waals surface area contributed by atoms with Crippen molar-refractivity contribution in [1.29, 1.82) is 0 Å². The van der Waals surface area contributed by atoms with Gasteiger partial charge in [0.05, 0.1) is 5.69 Å². The number of nitrogens with one attached hydrogen (secondary N) is 1. The zero-order chi connectivity index (χ0) is 31.6. The van der Waals surface area contributed by atoms with Crippen molar-refractivity contribution in [3.05, 3.63) is 59.7 Å². The molecular weight excluding hydrogens is 570 g/mol. The average Bonchev–Trinajstić information content (AvgIpc) is 3.25. The SMILES string of the molecule is CC(C)(C)OC(=O)N1CCN(CCNC(=O)c2ccccc2[C@H]2C[C@H]3CC[C@@H](C2)N3CCN2C(=O)COc3ccccc32)CC1. The maximum absolute atomic E-state index is 13.4. The molecule has 2 bridgehead atoms. The van der Waals surface area contributed by atoms with E-state index < -0.39 is 5.60 Å². The van der Waals surface area contributed by atoms with Crippen LogP contribution in [0.3, 0.4) is 0 Å². The number of amides is 3. The third kappa shape index (κ3) is 7.28. The molecule has 2 aromatic carbocycles. The molecule has 242 valence electrons. The molecule has 4 heterocycles.